The molecule has 0 rings (SSSR count). The van der Waals surface area contributed by atoms with E-state index in [1.165, 1.54) is 14.0 Å². The molecule has 0 aliphatic heterocycles. The van der Waals surface area contributed by atoms with Gasteiger partial charge in [-0.1, -0.05) is 0 Å². The van der Waals surface area contributed by atoms with Gasteiger partial charge in [0.25, 0.3) is 0 Å². The average molecular weight is 262 g/mol. The van der Waals surface area contributed by atoms with E-state index >= 15 is 0 Å². The van der Waals surface area contributed by atoms with E-state index in [-0.39, 0.29) is 13.0 Å². The molecule has 1 N–H and O–H groups in total. The van der Waals surface area contributed by atoms with Gasteiger partial charge in [-0.2, -0.15) is 0 Å². The number of esters is 2. The molecule has 6 heteroatoms. The maximum Gasteiger partial charge on any atom is 0.347 e. The number of methoxy groups -OCH3 is 1. The second-order valence-electron chi connectivity index (χ2n) is 4.03. The quantitative estimate of drug-likeness (QED) is 0.485. The summed E-state index contributed by atoms with van der Waals surface area (Å²) in [5.41, 5.74) is 0. The smallest absolute Gasteiger partial charge is 0.347 e. The highest BCUT2D eigenvalue weighted by Gasteiger charge is 2.18. The molecule has 0 heterocycles. The van der Waals surface area contributed by atoms with Crippen LogP contribution in [-0.2, 0) is 23.8 Å². The second kappa shape index (κ2) is 9.85. The predicted octanol–water partition coefficient (Wildman–Crippen LogP) is 0.659. The summed E-state index contributed by atoms with van der Waals surface area (Å²) in [6.07, 6.45) is -0.111. The molecule has 0 radical (unpaired) electrons. The van der Waals surface area contributed by atoms with Crippen molar-refractivity contribution in [3.63, 3.8) is 0 Å². The first kappa shape index (κ1) is 16.9. The molecule has 0 bridgehead atoms. The largest absolute Gasteiger partial charge is 0.461 e. The number of ether oxygens (including phenoxy) is 3. The van der Waals surface area contributed by atoms with Crippen LogP contribution in [0.15, 0.2) is 0 Å². The van der Waals surface area contributed by atoms with E-state index in [0.717, 1.165) is 0 Å². The van der Waals surface area contributed by atoms with Crippen molar-refractivity contribution in [2.45, 2.75) is 45.3 Å². The molecule has 0 amide bonds. The lowest BCUT2D eigenvalue weighted by Gasteiger charge is -2.12. The fraction of sp³-hybridized carbons (Fsp3) is 0.833. The van der Waals surface area contributed by atoms with Crippen LogP contribution < -0.4 is 0 Å². The summed E-state index contributed by atoms with van der Waals surface area (Å²) in [6.45, 7) is 3.56. The molecule has 6 nitrogen and oxygen atoms in total. The van der Waals surface area contributed by atoms with Crippen LogP contribution in [0.3, 0.4) is 0 Å². The van der Waals surface area contributed by atoms with Gasteiger partial charge in [0.2, 0.25) is 0 Å². The lowest BCUT2D eigenvalue weighted by molar-refractivity contribution is -0.167. The first-order valence-corrected chi connectivity index (χ1v) is 6.00. The lowest BCUT2D eigenvalue weighted by atomic mass is 10.2. The Morgan fingerprint density at radius 3 is 2.44 bits per heavy atom. The van der Waals surface area contributed by atoms with E-state index in [9.17, 15) is 9.59 Å². The van der Waals surface area contributed by atoms with Crippen molar-refractivity contribution in [1.82, 2.24) is 0 Å². The fourth-order valence-corrected chi connectivity index (χ4v) is 1.19. The van der Waals surface area contributed by atoms with Gasteiger partial charge < -0.3 is 19.3 Å². The Morgan fingerprint density at radius 2 is 1.89 bits per heavy atom. The molecule has 0 aliphatic rings. The van der Waals surface area contributed by atoms with E-state index in [1.54, 1.807) is 6.92 Å². The highest BCUT2D eigenvalue weighted by molar-refractivity contribution is 5.78. The summed E-state index contributed by atoms with van der Waals surface area (Å²) in [5.74, 6) is -1.05. The van der Waals surface area contributed by atoms with Crippen molar-refractivity contribution in [3.8, 4) is 0 Å². The third-order valence-electron chi connectivity index (χ3n) is 2.17. The molecule has 18 heavy (non-hydrogen) atoms. The molecule has 0 fully saturated rings. The third-order valence-corrected chi connectivity index (χ3v) is 2.17. The number of carbonyl (C=O) groups is 2. The van der Waals surface area contributed by atoms with Gasteiger partial charge in [0.05, 0.1) is 12.7 Å². The van der Waals surface area contributed by atoms with Crippen LogP contribution in [-0.4, -0.2) is 49.6 Å². The maximum absolute atomic E-state index is 11.3. The van der Waals surface area contributed by atoms with Crippen molar-refractivity contribution in [1.29, 1.82) is 0 Å². The Hall–Kier alpha value is -1.14. The molecular weight excluding hydrogens is 240 g/mol. The molecule has 0 aromatic carbocycles. The number of aliphatic hydroxyl groups excluding tert-OH is 1. The van der Waals surface area contributed by atoms with Crippen LogP contribution in [0.25, 0.3) is 0 Å². The van der Waals surface area contributed by atoms with Crippen LogP contribution >= 0.6 is 0 Å². The van der Waals surface area contributed by atoms with E-state index in [4.69, 9.17) is 19.3 Å². The number of hydrogen-bond acceptors (Lipinski definition) is 6. The van der Waals surface area contributed by atoms with Crippen molar-refractivity contribution < 1.29 is 28.9 Å². The molecule has 2 unspecified atom stereocenters. The summed E-state index contributed by atoms with van der Waals surface area (Å²) < 4.78 is 14.4. The summed E-state index contributed by atoms with van der Waals surface area (Å²) in [6, 6.07) is 0. The molecule has 0 spiro atoms. The van der Waals surface area contributed by atoms with Gasteiger partial charge in [-0.3, -0.25) is 4.79 Å². The molecular formula is C12H22O6. The van der Waals surface area contributed by atoms with Gasteiger partial charge in [-0.15, -0.1) is 0 Å². The minimum Gasteiger partial charge on any atom is -0.461 e. The van der Waals surface area contributed by atoms with Crippen molar-refractivity contribution in [2.75, 3.05) is 20.3 Å². The van der Waals surface area contributed by atoms with E-state index in [1.807, 2.05) is 0 Å². The highest BCUT2D eigenvalue weighted by atomic mass is 16.6. The van der Waals surface area contributed by atoms with Crippen molar-refractivity contribution in [2.24, 2.45) is 0 Å². The number of hydrogen-bond donors (Lipinski definition) is 1. The van der Waals surface area contributed by atoms with Crippen molar-refractivity contribution >= 4 is 11.9 Å². The van der Waals surface area contributed by atoms with Crippen LogP contribution in [0.4, 0.5) is 0 Å². The molecule has 0 aromatic rings. The Bertz CT molecular complexity index is 251. The van der Waals surface area contributed by atoms with Crippen molar-refractivity contribution in [3.05, 3.63) is 0 Å². The van der Waals surface area contributed by atoms with Crippen LogP contribution in [0.2, 0.25) is 0 Å². The SMILES string of the molecule is COCCOC(=O)C(C)OC(=O)CCCC(C)O. The highest BCUT2D eigenvalue weighted by Crippen LogP contribution is 2.04. The molecule has 0 saturated carbocycles. The van der Waals surface area contributed by atoms with Gasteiger partial charge in [0, 0.05) is 13.5 Å². The number of carbonyl (C=O) groups excluding carboxylic acids is 2. The first-order chi connectivity index (χ1) is 8.47. The zero-order chi connectivity index (χ0) is 14.0. The summed E-state index contributed by atoms with van der Waals surface area (Å²) in [7, 11) is 1.50. The molecule has 106 valence electrons. The summed E-state index contributed by atoms with van der Waals surface area (Å²) in [5, 5.41) is 9.02. The number of aliphatic hydroxyl groups is 1. The van der Waals surface area contributed by atoms with Gasteiger partial charge in [0.1, 0.15) is 6.61 Å². The Labute approximate surface area is 107 Å². The minimum atomic E-state index is -0.916. The van der Waals surface area contributed by atoms with Crippen LogP contribution in [0, 0.1) is 0 Å². The Morgan fingerprint density at radius 1 is 1.22 bits per heavy atom. The number of rotatable bonds is 9. The topological polar surface area (TPSA) is 82.1 Å². The van der Waals surface area contributed by atoms with Gasteiger partial charge in [0.15, 0.2) is 6.10 Å². The fourth-order valence-electron chi connectivity index (χ4n) is 1.19. The zero-order valence-electron chi connectivity index (χ0n) is 11.2. The maximum atomic E-state index is 11.3. The lowest BCUT2D eigenvalue weighted by Crippen LogP contribution is -2.27. The molecule has 0 aliphatic carbocycles. The summed E-state index contributed by atoms with van der Waals surface area (Å²) in [4.78, 5) is 22.7. The standard InChI is InChI=1S/C12H22O6/c1-9(13)5-4-6-11(14)18-10(2)12(15)17-8-7-16-3/h9-10,13H,4-8H2,1-3H3. The van der Waals surface area contributed by atoms with E-state index in [2.05, 4.69) is 0 Å². The third kappa shape index (κ3) is 8.95. The average Bonchev–Trinajstić information content (AvgIpc) is 2.28. The first-order valence-electron chi connectivity index (χ1n) is 6.00. The molecule has 0 aromatic heterocycles. The molecule has 2 atom stereocenters. The van der Waals surface area contributed by atoms with Gasteiger partial charge in [-0.05, 0) is 26.7 Å². The van der Waals surface area contributed by atoms with Gasteiger partial charge >= 0.3 is 11.9 Å². The second-order valence-corrected chi connectivity index (χ2v) is 4.03. The minimum absolute atomic E-state index is 0.138. The molecule has 0 saturated heterocycles. The monoisotopic (exact) mass is 262 g/mol. The normalized spacial score (nSPS) is 13.8. The Kier molecular flexibility index (Phi) is 9.22. The summed E-state index contributed by atoms with van der Waals surface area (Å²) >= 11 is 0. The zero-order valence-corrected chi connectivity index (χ0v) is 11.2. The van der Waals surface area contributed by atoms with Crippen LogP contribution in [0.1, 0.15) is 33.1 Å². The van der Waals surface area contributed by atoms with Crippen LogP contribution in [0.5, 0.6) is 0 Å². The van der Waals surface area contributed by atoms with Gasteiger partial charge in [-0.25, -0.2) is 4.79 Å². The predicted molar refractivity (Wildman–Crippen MR) is 63.9 cm³/mol. The van der Waals surface area contributed by atoms with E-state index < -0.39 is 24.1 Å². The Balaban J connectivity index is 3.74. The van der Waals surface area contributed by atoms with E-state index in [0.29, 0.717) is 19.4 Å².